The molecule has 7 nitrogen and oxygen atoms in total. The minimum atomic E-state index is -0.478. The van der Waals surface area contributed by atoms with E-state index < -0.39 is 5.54 Å². The van der Waals surface area contributed by atoms with E-state index in [9.17, 15) is 4.79 Å². The molecular formula is C17H16ClN5O2S2. The first kappa shape index (κ1) is 18.3. The Labute approximate surface area is 168 Å². The third-order valence-corrected chi connectivity index (χ3v) is 6.60. The molecule has 4 heterocycles. The third-order valence-electron chi connectivity index (χ3n) is 4.81. The van der Waals surface area contributed by atoms with Crippen molar-refractivity contribution in [3.05, 3.63) is 51.3 Å². The second kappa shape index (κ2) is 6.83. The SMILES string of the molecule is Cl.NC1(c2noc(Cn3cnc4scc(-c5cccs5)c4c3=O)n2)CCC1. The van der Waals surface area contributed by atoms with Crippen molar-refractivity contribution in [3.63, 3.8) is 0 Å². The topological polar surface area (TPSA) is 99.8 Å². The number of nitrogens with zero attached hydrogens (tertiary/aromatic N) is 4. The van der Waals surface area contributed by atoms with Gasteiger partial charge in [-0.05, 0) is 30.7 Å². The molecule has 0 radical (unpaired) electrons. The predicted molar refractivity (Wildman–Crippen MR) is 108 cm³/mol. The van der Waals surface area contributed by atoms with Gasteiger partial charge in [0.1, 0.15) is 11.4 Å². The molecule has 27 heavy (non-hydrogen) atoms. The lowest BCUT2D eigenvalue weighted by atomic mass is 9.77. The number of hydrogen-bond acceptors (Lipinski definition) is 8. The van der Waals surface area contributed by atoms with Crippen molar-refractivity contribution >= 4 is 45.3 Å². The van der Waals surface area contributed by atoms with Crippen LogP contribution in [-0.2, 0) is 12.1 Å². The first-order chi connectivity index (χ1) is 12.6. The fraction of sp³-hybridized carbons (Fsp3) is 0.294. The summed E-state index contributed by atoms with van der Waals surface area (Å²) in [6.07, 6.45) is 4.33. The molecule has 5 rings (SSSR count). The van der Waals surface area contributed by atoms with Crippen molar-refractivity contribution in [2.24, 2.45) is 5.73 Å². The normalized spacial score (nSPS) is 15.4. The van der Waals surface area contributed by atoms with Gasteiger partial charge in [-0.25, -0.2) is 4.98 Å². The molecule has 0 aromatic carbocycles. The largest absolute Gasteiger partial charge is 0.337 e. The van der Waals surface area contributed by atoms with Crippen LogP contribution in [0.1, 0.15) is 31.0 Å². The minimum Gasteiger partial charge on any atom is -0.337 e. The van der Waals surface area contributed by atoms with Gasteiger partial charge in [-0.1, -0.05) is 11.2 Å². The number of aromatic nitrogens is 4. The highest BCUT2D eigenvalue weighted by atomic mass is 35.5. The highest BCUT2D eigenvalue weighted by molar-refractivity contribution is 7.18. The standard InChI is InChI=1S/C17H15N5O2S2.ClH/c18-17(4-2-5-17)16-20-12(24-21-16)7-22-9-19-14-13(15(22)23)10(8-26-14)11-3-1-6-25-11;/h1,3,6,8-9H,2,4-5,7,18H2;1H. The van der Waals surface area contributed by atoms with E-state index in [1.807, 2.05) is 22.9 Å². The Hall–Kier alpha value is -2.07. The molecule has 4 aromatic heterocycles. The smallest absolute Gasteiger partial charge is 0.263 e. The molecule has 0 aliphatic heterocycles. The summed E-state index contributed by atoms with van der Waals surface area (Å²) in [5.74, 6) is 0.892. The lowest BCUT2D eigenvalue weighted by Crippen LogP contribution is -2.44. The van der Waals surface area contributed by atoms with E-state index in [4.69, 9.17) is 10.3 Å². The van der Waals surface area contributed by atoms with Crippen LogP contribution in [0.15, 0.2) is 38.5 Å². The Kier molecular flexibility index (Phi) is 4.63. The average Bonchev–Trinajstić information content (AvgIpc) is 3.35. The fourth-order valence-corrected chi connectivity index (χ4v) is 4.86. The van der Waals surface area contributed by atoms with E-state index in [-0.39, 0.29) is 24.5 Å². The molecule has 1 aliphatic carbocycles. The van der Waals surface area contributed by atoms with Crippen LogP contribution in [0.25, 0.3) is 20.7 Å². The Balaban J connectivity index is 0.00000180. The molecule has 0 atom stereocenters. The molecule has 10 heteroatoms. The lowest BCUT2D eigenvalue weighted by Gasteiger charge is -2.34. The van der Waals surface area contributed by atoms with Gasteiger partial charge in [0.2, 0.25) is 5.89 Å². The number of halogens is 1. The Morgan fingerprint density at radius 1 is 1.33 bits per heavy atom. The summed E-state index contributed by atoms with van der Waals surface area (Å²) in [4.78, 5) is 23.6. The number of thiophene rings is 2. The lowest BCUT2D eigenvalue weighted by molar-refractivity contribution is 0.228. The molecule has 0 spiro atoms. The van der Waals surface area contributed by atoms with Crippen LogP contribution >= 0.6 is 35.1 Å². The van der Waals surface area contributed by atoms with Crippen LogP contribution in [0, 0.1) is 0 Å². The Bertz CT molecular complexity index is 1140. The summed E-state index contributed by atoms with van der Waals surface area (Å²) >= 11 is 3.08. The van der Waals surface area contributed by atoms with Crippen LogP contribution in [0.4, 0.5) is 0 Å². The van der Waals surface area contributed by atoms with Gasteiger partial charge < -0.3 is 10.3 Å². The van der Waals surface area contributed by atoms with E-state index in [1.54, 1.807) is 11.3 Å². The second-order valence-electron chi connectivity index (χ2n) is 6.51. The van der Waals surface area contributed by atoms with Crippen LogP contribution in [0.2, 0.25) is 0 Å². The molecule has 140 valence electrons. The van der Waals surface area contributed by atoms with Gasteiger partial charge in [-0.15, -0.1) is 35.1 Å². The van der Waals surface area contributed by atoms with Crippen molar-refractivity contribution in [2.75, 3.05) is 0 Å². The summed E-state index contributed by atoms with van der Waals surface area (Å²) in [5.41, 5.74) is 6.57. The van der Waals surface area contributed by atoms with Gasteiger partial charge >= 0.3 is 0 Å². The number of fused-ring (bicyclic) bond motifs is 1. The highest BCUT2D eigenvalue weighted by Crippen LogP contribution is 2.37. The first-order valence-corrected chi connectivity index (χ1v) is 10.0. The van der Waals surface area contributed by atoms with Gasteiger partial charge in [-0.3, -0.25) is 9.36 Å². The van der Waals surface area contributed by atoms with Crippen LogP contribution in [0.3, 0.4) is 0 Å². The van der Waals surface area contributed by atoms with Gasteiger partial charge in [0.15, 0.2) is 5.82 Å². The molecule has 0 bridgehead atoms. The van der Waals surface area contributed by atoms with E-state index in [0.717, 1.165) is 34.5 Å². The van der Waals surface area contributed by atoms with E-state index in [1.165, 1.54) is 22.2 Å². The molecule has 0 unspecified atom stereocenters. The zero-order valence-electron chi connectivity index (χ0n) is 14.1. The first-order valence-electron chi connectivity index (χ1n) is 8.26. The van der Waals surface area contributed by atoms with Crippen LogP contribution in [0.5, 0.6) is 0 Å². The van der Waals surface area contributed by atoms with E-state index in [2.05, 4.69) is 15.1 Å². The zero-order chi connectivity index (χ0) is 17.7. The van der Waals surface area contributed by atoms with Gasteiger partial charge in [0.05, 0.1) is 17.3 Å². The maximum absolute atomic E-state index is 13.0. The van der Waals surface area contributed by atoms with Gasteiger partial charge in [-0.2, -0.15) is 4.98 Å². The summed E-state index contributed by atoms with van der Waals surface area (Å²) in [6.45, 7) is 0.185. The summed E-state index contributed by atoms with van der Waals surface area (Å²) in [7, 11) is 0. The number of nitrogens with two attached hydrogens (primary N) is 1. The summed E-state index contributed by atoms with van der Waals surface area (Å²) in [6, 6.07) is 3.98. The van der Waals surface area contributed by atoms with Gasteiger partial charge in [0.25, 0.3) is 5.56 Å². The van der Waals surface area contributed by atoms with Crippen LogP contribution in [-0.4, -0.2) is 19.7 Å². The summed E-state index contributed by atoms with van der Waals surface area (Å²) in [5, 5.41) is 8.61. The van der Waals surface area contributed by atoms with Crippen LogP contribution < -0.4 is 11.3 Å². The van der Waals surface area contributed by atoms with Crippen molar-refractivity contribution in [2.45, 2.75) is 31.3 Å². The third kappa shape index (κ3) is 3.00. The number of rotatable bonds is 4. The molecule has 1 aliphatic rings. The second-order valence-corrected chi connectivity index (χ2v) is 8.31. The van der Waals surface area contributed by atoms with Crippen molar-refractivity contribution in [1.29, 1.82) is 0 Å². The maximum Gasteiger partial charge on any atom is 0.263 e. The number of hydrogen-bond donors (Lipinski definition) is 1. The molecule has 4 aromatic rings. The minimum absolute atomic E-state index is 0. The molecule has 1 fully saturated rings. The fourth-order valence-electron chi connectivity index (χ4n) is 3.14. The molecular weight excluding hydrogens is 406 g/mol. The predicted octanol–water partition coefficient (Wildman–Crippen LogP) is 3.38. The van der Waals surface area contributed by atoms with E-state index >= 15 is 0 Å². The van der Waals surface area contributed by atoms with E-state index in [0.29, 0.717) is 17.1 Å². The van der Waals surface area contributed by atoms with Crippen molar-refractivity contribution in [1.82, 2.24) is 19.7 Å². The Morgan fingerprint density at radius 2 is 2.19 bits per heavy atom. The maximum atomic E-state index is 13.0. The molecule has 2 N–H and O–H groups in total. The quantitative estimate of drug-likeness (QED) is 0.542. The van der Waals surface area contributed by atoms with Crippen molar-refractivity contribution < 1.29 is 4.52 Å². The zero-order valence-corrected chi connectivity index (χ0v) is 16.6. The Morgan fingerprint density at radius 3 is 2.89 bits per heavy atom. The van der Waals surface area contributed by atoms with Crippen molar-refractivity contribution in [3.8, 4) is 10.4 Å². The molecule has 0 amide bonds. The molecule has 0 saturated heterocycles. The average molecular weight is 422 g/mol. The monoisotopic (exact) mass is 421 g/mol. The van der Waals surface area contributed by atoms with Gasteiger partial charge in [0, 0.05) is 15.8 Å². The molecule has 1 saturated carbocycles. The summed E-state index contributed by atoms with van der Waals surface area (Å²) < 4.78 is 6.83. The highest BCUT2D eigenvalue weighted by Gasteiger charge is 2.39.